The summed E-state index contributed by atoms with van der Waals surface area (Å²) in [5.41, 5.74) is -0.0457. The minimum absolute atomic E-state index is 0.0457. The first-order valence-electron chi connectivity index (χ1n) is 6.48. The summed E-state index contributed by atoms with van der Waals surface area (Å²) in [5.74, 6) is 0.575. The van der Waals surface area contributed by atoms with Gasteiger partial charge >= 0.3 is 5.97 Å². The minimum atomic E-state index is -0.445. The van der Waals surface area contributed by atoms with Gasteiger partial charge in [-0.05, 0) is 32.9 Å². The van der Waals surface area contributed by atoms with E-state index in [4.69, 9.17) is 9.15 Å². The van der Waals surface area contributed by atoms with Gasteiger partial charge < -0.3 is 13.9 Å². The summed E-state index contributed by atoms with van der Waals surface area (Å²) in [6.45, 7) is 8.63. The van der Waals surface area contributed by atoms with Crippen molar-refractivity contribution in [2.24, 2.45) is 0 Å². The van der Waals surface area contributed by atoms with E-state index in [2.05, 4.69) is 30.4 Å². The van der Waals surface area contributed by atoms with Gasteiger partial charge in [-0.15, -0.1) is 0 Å². The maximum absolute atomic E-state index is 11.4. The SMILES string of the molecule is COC(=O)c1ccc(C(C)N2CCOCC2(C)C)o1. The van der Waals surface area contributed by atoms with Gasteiger partial charge in [0.25, 0.3) is 0 Å². The highest BCUT2D eigenvalue weighted by molar-refractivity contribution is 5.86. The lowest BCUT2D eigenvalue weighted by Gasteiger charge is -2.44. The van der Waals surface area contributed by atoms with Crippen LogP contribution in [0.3, 0.4) is 0 Å². The lowest BCUT2D eigenvalue weighted by molar-refractivity contribution is -0.0730. The zero-order valence-corrected chi connectivity index (χ0v) is 11.9. The van der Waals surface area contributed by atoms with Crippen LogP contribution in [-0.4, -0.2) is 43.3 Å². The molecule has 1 saturated heterocycles. The van der Waals surface area contributed by atoms with Gasteiger partial charge in [0.1, 0.15) is 5.76 Å². The maximum atomic E-state index is 11.4. The first kappa shape index (κ1) is 14.1. The number of carbonyl (C=O) groups is 1. The van der Waals surface area contributed by atoms with Crippen molar-refractivity contribution < 1.29 is 18.7 Å². The Bertz CT molecular complexity index is 452. The summed E-state index contributed by atoms with van der Waals surface area (Å²) >= 11 is 0. The standard InChI is InChI=1S/C14H21NO4/c1-10(15-7-8-18-9-14(15,2)3)11-5-6-12(19-11)13(16)17-4/h5-6,10H,7-9H2,1-4H3. The molecule has 19 heavy (non-hydrogen) atoms. The molecule has 1 atom stereocenters. The smallest absolute Gasteiger partial charge is 0.373 e. The molecule has 1 fully saturated rings. The molecule has 5 nitrogen and oxygen atoms in total. The van der Waals surface area contributed by atoms with Gasteiger partial charge in [-0.25, -0.2) is 4.79 Å². The Morgan fingerprint density at radius 3 is 2.84 bits per heavy atom. The molecule has 0 radical (unpaired) electrons. The van der Waals surface area contributed by atoms with Gasteiger partial charge in [0.2, 0.25) is 5.76 Å². The van der Waals surface area contributed by atoms with Gasteiger partial charge in [-0.1, -0.05) is 0 Å². The van der Waals surface area contributed by atoms with Crippen LogP contribution in [0, 0.1) is 0 Å². The summed E-state index contributed by atoms with van der Waals surface area (Å²) in [6.07, 6.45) is 0. The van der Waals surface area contributed by atoms with E-state index in [1.807, 2.05) is 6.07 Å². The van der Waals surface area contributed by atoms with Crippen molar-refractivity contribution in [2.45, 2.75) is 32.4 Å². The van der Waals surface area contributed by atoms with E-state index in [0.29, 0.717) is 6.61 Å². The normalized spacial score (nSPS) is 21.1. The van der Waals surface area contributed by atoms with Crippen LogP contribution < -0.4 is 0 Å². The summed E-state index contributed by atoms with van der Waals surface area (Å²) in [4.78, 5) is 13.7. The number of ether oxygens (including phenoxy) is 2. The van der Waals surface area contributed by atoms with Crippen LogP contribution in [0.1, 0.15) is 43.1 Å². The molecule has 0 aliphatic carbocycles. The molecule has 1 aromatic heterocycles. The molecule has 2 rings (SSSR count). The second-order valence-electron chi connectivity index (χ2n) is 5.43. The fourth-order valence-electron chi connectivity index (χ4n) is 2.53. The molecule has 106 valence electrons. The number of morpholine rings is 1. The molecule has 0 bridgehead atoms. The summed E-state index contributed by atoms with van der Waals surface area (Å²) in [6, 6.07) is 3.59. The van der Waals surface area contributed by atoms with Gasteiger partial charge in [0.15, 0.2) is 0 Å². The molecule has 0 saturated carbocycles. The van der Waals surface area contributed by atoms with Crippen LogP contribution in [0.2, 0.25) is 0 Å². The van der Waals surface area contributed by atoms with E-state index in [0.717, 1.165) is 18.9 Å². The highest BCUT2D eigenvalue weighted by atomic mass is 16.5. The monoisotopic (exact) mass is 267 g/mol. The number of carbonyl (C=O) groups excluding carboxylic acids is 1. The van der Waals surface area contributed by atoms with Crippen molar-refractivity contribution in [1.29, 1.82) is 0 Å². The van der Waals surface area contributed by atoms with Gasteiger partial charge in [0.05, 0.1) is 26.4 Å². The Kier molecular flexibility index (Phi) is 3.96. The second kappa shape index (κ2) is 5.35. The maximum Gasteiger partial charge on any atom is 0.373 e. The second-order valence-corrected chi connectivity index (χ2v) is 5.43. The average Bonchev–Trinajstić information content (AvgIpc) is 2.86. The summed E-state index contributed by atoms with van der Waals surface area (Å²) in [5, 5.41) is 0. The first-order chi connectivity index (χ1) is 8.95. The van der Waals surface area contributed by atoms with Crippen LogP contribution in [-0.2, 0) is 9.47 Å². The molecule has 0 spiro atoms. The summed E-state index contributed by atoms with van der Waals surface area (Å²) in [7, 11) is 1.35. The predicted octanol–water partition coefficient (Wildman–Crippen LogP) is 2.24. The minimum Gasteiger partial charge on any atom is -0.463 e. The number of rotatable bonds is 3. The number of methoxy groups -OCH3 is 1. The molecule has 0 amide bonds. The molecular weight excluding hydrogens is 246 g/mol. The topological polar surface area (TPSA) is 51.9 Å². The van der Waals surface area contributed by atoms with Gasteiger partial charge in [-0.3, -0.25) is 4.90 Å². The number of furan rings is 1. The van der Waals surface area contributed by atoms with Crippen molar-refractivity contribution in [1.82, 2.24) is 4.90 Å². The van der Waals surface area contributed by atoms with E-state index in [1.54, 1.807) is 6.07 Å². The molecule has 1 aromatic rings. The summed E-state index contributed by atoms with van der Waals surface area (Å²) < 4.78 is 15.8. The third kappa shape index (κ3) is 2.82. The highest BCUT2D eigenvalue weighted by Crippen LogP contribution is 2.31. The van der Waals surface area contributed by atoms with Crippen molar-refractivity contribution >= 4 is 5.97 Å². The van der Waals surface area contributed by atoms with Gasteiger partial charge in [0, 0.05) is 12.1 Å². The zero-order chi connectivity index (χ0) is 14.0. The zero-order valence-electron chi connectivity index (χ0n) is 11.9. The Morgan fingerprint density at radius 1 is 1.47 bits per heavy atom. The fourth-order valence-corrected chi connectivity index (χ4v) is 2.53. The largest absolute Gasteiger partial charge is 0.463 e. The molecule has 1 unspecified atom stereocenters. The van der Waals surface area contributed by atoms with Crippen molar-refractivity contribution in [3.8, 4) is 0 Å². The van der Waals surface area contributed by atoms with E-state index in [1.165, 1.54) is 7.11 Å². The third-order valence-corrected chi connectivity index (χ3v) is 3.60. The van der Waals surface area contributed by atoms with Crippen LogP contribution in [0.15, 0.2) is 16.5 Å². The quantitative estimate of drug-likeness (QED) is 0.786. The number of hydrogen-bond donors (Lipinski definition) is 0. The first-order valence-corrected chi connectivity index (χ1v) is 6.48. The Labute approximate surface area is 113 Å². The molecule has 0 aromatic carbocycles. The van der Waals surface area contributed by atoms with Crippen LogP contribution >= 0.6 is 0 Å². The van der Waals surface area contributed by atoms with Crippen molar-refractivity contribution in [3.63, 3.8) is 0 Å². The Hall–Kier alpha value is -1.33. The third-order valence-electron chi connectivity index (χ3n) is 3.60. The number of nitrogens with zero attached hydrogens (tertiary/aromatic N) is 1. The van der Waals surface area contributed by atoms with E-state index < -0.39 is 5.97 Å². The van der Waals surface area contributed by atoms with Crippen molar-refractivity contribution in [2.75, 3.05) is 26.9 Å². The van der Waals surface area contributed by atoms with Crippen LogP contribution in [0.25, 0.3) is 0 Å². The molecule has 5 heteroatoms. The lowest BCUT2D eigenvalue weighted by atomic mass is 9.99. The number of esters is 1. The lowest BCUT2D eigenvalue weighted by Crippen LogP contribution is -2.53. The Morgan fingerprint density at radius 2 is 2.21 bits per heavy atom. The molecular formula is C14H21NO4. The van der Waals surface area contributed by atoms with E-state index in [-0.39, 0.29) is 17.3 Å². The van der Waals surface area contributed by atoms with Crippen molar-refractivity contribution in [3.05, 3.63) is 23.7 Å². The van der Waals surface area contributed by atoms with Crippen LogP contribution in [0.5, 0.6) is 0 Å². The van der Waals surface area contributed by atoms with Crippen LogP contribution in [0.4, 0.5) is 0 Å². The van der Waals surface area contributed by atoms with E-state index in [9.17, 15) is 4.79 Å². The predicted molar refractivity (Wildman–Crippen MR) is 70.1 cm³/mol. The highest BCUT2D eigenvalue weighted by Gasteiger charge is 2.35. The number of hydrogen-bond acceptors (Lipinski definition) is 5. The molecule has 1 aliphatic heterocycles. The van der Waals surface area contributed by atoms with Gasteiger partial charge in [-0.2, -0.15) is 0 Å². The molecule has 1 aliphatic rings. The van der Waals surface area contributed by atoms with E-state index >= 15 is 0 Å². The Balaban J connectivity index is 2.16. The fraction of sp³-hybridized carbons (Fsp3) is 0.643. The molecule has 2 heterocycles. The molecule has 0 N–H and O–H groups in total. The average molecular weight is 267 g/mol.